The molecular weight excluding hydrogens is 783 g/mol. The maximum Gasteiger partial charge on any atom is 0.0568 e. The van der Waals surface area contributed by atoms with Crippen LogP contribution in [0.25, 0.3) is 98.4 Å². The zero-order valence-corrected chi connectivity index (χ0v) is 37.6. The van der Waals surface area contributed by atoms with Crippen LogP contribution < -0.4 is 4.90 Å². The van der Waals surface area contributed by atoms with Crippen molar-refractivity contribution in [3.05, 3.63) is 206 Å². The van der Waals surface area contributed by atoms with Crippen LogP contribution in [0.2, 0.25) is 0 Å². The molecule has 1 heterocycles. The molecule has 0 bridgehead atoms. The summed E-state index contributed by atoms with van der Waals surface area (Å²) in [6, 6.07) is 75.8. The van der Waals surface area contributed by atoms with Gasteiger partial charge in [-0.25, -0.2) is 0 Å². The monoisotopic (exact) mass is 833 g/mol. The van der Waals surface area contributed by atoms with E-state index in [0.29, 0.717) is 0 Å². The summed E-state index contributed by atoms with van der Waals surface area (Å²) in [5.74, 6) is 0. The molecule has 11 aromatic carbocycles. The topological polar surface area (TPSA) is 3.24 Å². The van der Waals surface area contributed by atoms with E-state index in [1.54, 1.807) is 0 Å². The molecule has 0 N–H and O–H groups in total. The smallest absolute Gasteiger partial charge is 0.0568 e. The average molecular weight is 834 g/mol. The Bertz CT molecular complexity index is 3680. The summed E-state index contributed by atoms with van der Waals surface area (Å²) in [4.78, 5) is 2.72. The maximum absolute atomic E-state index is 2.72. The first-order chi connectivity index (χ1) is 31.7. The van der Waals surface area contributed by atoms with Crippen molar-refractivity contribution in [3.8, 4) is 44.5 Å². The second-order valence-electron chi connectivity index (χ2n) is 20.0. The molecule has 1 aliphatic heterocycles. The molecule has 1 saturated carbocycles. The van der Waals surface area contributed by atoms with Crippen LogP contribution in [0, 0.1) is 5.41 Å². The fourth-order valence-corrected chi connectivity index (χ4v) is 13.1. The largest absolute Gasteiger partial charge is 0.334 e. The van der Waals surface area contributed by atoms with Gasteiger partial charge in [0, 0.05) is 16.8 Å². The molecule has 0 saturated heterocycles. The Kier molecular flexibility index (Phi) is 8.17. The fraction of sp³-hybridized carbons (Fsp3) is 0.156. The number of hydrogen-bond acceptors (Lipinski definition) is 1. The zero-order chi connectivity index (χ0) is 43.7. The predicted octanol–water partition coefficient (Wildman–Crippen LogP) is 17.9. The number of nitrogens with zero attached hydrogens (tertiary/aromatic N) is 1. The van der Waals surface area contributed by atoms with Crippen LogP contribution in [0.5, 0.6) is 0 Å². The molecule has 2 atom stereocenters. The van der Waals surface area contributed by atoms with E-state index >= 15 is 0 Å². The van der Waals surface area contributed by atoms with Gasteiger partial charge >= 0.3 is 0 Å². The first kappa shape index (κ1) is 38.3. The molecule has 1 heteroatoms. The minimum Gasteiger partial charge on any atom is -0.334 e. The summed E-state index contributed by atoms with van der Waals surface area (Å²) in [6.45, 7) is 10.2. The van der Waals surface area contributed by atoms with Gasteiger partial charge in [0.1, 0.15) is 0 Å². The fourth-order valence-electron chi connectivity index (χ4n) is 13.1. The maximum atomic E-state index is 2.72. The van der Waals surface area contributed by atoms with Crippen LogP contribution in [-0.2, 0) is 5.41 Å². The second kappa shape index (κ2) is 13.9. The van der Waals surface area contributed by atoms with Crippen LogP contribution in [0.1, 0.15) is 52.5 Å². The van der Waals surface area contributed by atoms with Gasteiger partial charge in [-0.2, -0.15) is 0 Å². The highest BCUT2D eigenvalue weighted by atomic mass is 15.3. The molecule has 13 rings (SSSR count). The standard InChI is InChI=1S/C64H51N/c1-62(2)36-17-37-63(3)58-38-44(30-35-59(58)65(64(62,63)4)45-24-9-6-10-25-45)55-40-57(49-29-16-23-42-21-12-14-27-47(42)49)53-33-31-50-54(43-18-7-5-8-19-43)39-56(52-34-32-51(55)61(53)60(50)52)48-28-15-22-41-20-11-13-26-46(41)48/h5-16,18-35,38-40H,17,36-37H2,1-4H3. The Balaban J connectivity index is 1.16. The van der Waals surface area contributed by atoms with Crippen molar-refractivity contribution in [2.75, 3.05) is 4.90 Å². The number of anilines is 2. The lowest BCUT2D eigenvalue weighted by molar-refractivity contribution is 0.0484. The molecule has 0 spiro atoms. The number of benzene rings is 11. The summed E-state index contributed by atoms with van der Waals surface area (Å²) in [5.41, 5.74) is 14.1. The Labute approximate surface area is 382 Å². The SMILES string of the molecule is CC1(C)CCCC2(C)c3cc(-c4cc(-c5cccc6ccccc56)c5ccc6c(-c7ccccc7)cc(-c7cccc8ccccc78)c7ccc4c5c67)ccc3N(c3ccccc3)C12C. The van der Waals surface area contributed by atoms with Gasteiger partial charge in [0.25, 0.3) is 0 Å². The Morgan fingerprint density at radius 1 is 0.369 bits per heavy atom. The zero-order valence-electron chi connectivity index (χ0n) is 37.6. The third-order valence-corrected chi connectivity index (χ3v) is 16.6. The normalized spacial score (nSPS) is 19.1. The number of para-hydroxylation sites is 1. The lowest BCUT2D eigenvalue weighted by atomic mass is 9.51. The van der Waals surface area contributed by atoms with Crippen LogP contribution in [0.4, 0.5) is 11.4 Å². The third-order valence-electron chi connectivity index (χ3n) is 16.6. The van der Waals surface area contributed by atoms with Crippen LogP contribution in [0.15, 0.2) is 200 Å². The molecule has 0 radical (unpaired) electrons. The van der Waals surface area contributed by atoms with Gasteiger partial charge in [-0.3, -0.25) is 0 Å². The van der Waals surface area contributed by atoms with E-state index in [1.165, 1.54) is 128 Å². The minimum atomic E-state index is -0.122. The summed E-state index contributed by atoms with van der Waals surface area (Å²) in [6.07, 6.45) is 3.59. The predicted molar refractivity (Wildman–Crippen MR) is 279 cm³/mol. The number of rotatable bonds is 5. The Hall–Kier alpha value is -7.22. The van der Waals surface area contributed by atoms with E-state index in [-0.39, 0.29) is 16.4 Å². The number of hydrogen-bond donors (Lipinski definition) is 0. The quantitative estimate of drug-likeness (QED) is 0.156. The molecule has 1 nitrogen and oxygen atoms in total. The van der Waals surface area contributed by atoms with Gasteiger partial charge in [0.05, 0.1) is 5.54 Å². The van der Waals surface area contributed by atoms with Crippen molar-refractivity contribution in [2.45, 2.75) is 57.9 Å². The molecule has 2 aliphatic rings. The van der Waals surface area contributed by atoms with Gasteiger partial charge in [0.15, 0.2) is 0 Å². The first-order valence-corrected chi connectivity index (χ1v) is 23.6. The van der Waals surface area contributed by atoms with E-state index in [9.17, 15) is 0 Å². The van der Waals surface area contributed by atoms with Crippen molar-refractivity contribution in [1.82, 2.24) is 0 Å². The van der Waals surface area contributed by atoms with E-state index in [2.05, 4.69) is 233 Å². The van der Waals surface area contributed by atoms with Gasteiger partial charge in [0.2, 0.25) is 0 Å². The molecule has 312 valence electrons. The highest BCUT2D eigenvalue weighted by Gasteiger charge is 2.64. The van der Waals surface area contributed by atoms with Crippen LogP contribution in [0.3, 0.4) is 0 Å². The van der Waals surface area contributed by atoms with E-state index in [4.69, 9.17) is 0 Å². The van der Waals surface area contributed by atoms with Gasteiger partial charge in [-0.05, 0) is 166 Å². The van der Waals surface area contributed by atoms with Gasteiger partial charge in [-0.1, -0.05) is 191 Å². The van der Waals surface area contributed by atoms with E-state index in [1.807, 2.05) is 0 Å². The van der Waals surface area contributed by atoms with Gasteiger partial charge in [-0.15, -0.1) is 0 Å². The summed E-state index contributed by atoms with van der Waals surface area (Å²) in [7, 11) is 0. The molecule has 1 aliphatic carbocycles. The van der Waals surface area contributed by atoms with Gasteiger partial charge < -0.3 is 4.90 Å². The van der Waals surface area contributed by atoms with E-state index in [0.717, 1.165) is 6.42 Å². The highest BCUT2D eigenvalue weighted by Crippen LogP contribution is 2.66. The summed E-state index contributed by atoms with van der Waals surface area (Å²) < 4.78 is 0. The molecular formula is C64H51N. The lowest BCUT2D eigenvalue weighted by Crippen LogP contribution is -2.64. The van der Waals surface area contributed by atoms with Crippen molar-refractivity contribution >= 4 is 65.2 Å². The molecule has 0 amide bonds. The molecule has 0 aromatic heterocycles. The number of fused-ring (bicyclic) bond motifs is 5. The third kappa shape index (κ3) is 5.27. The second-order valence-corrected chi connectivity index (χ2v) is 20.0. The van der Waals surface area contributed by atoms with Crippen LogP contribution >= 0.6 is 0 Å². The van der Waals surface area contributed by atoms with Crippen molar-refractivity contribution in [1.29, 1.82) is 0 Å². The Morgan fingerprint density at radius 3 is 1.45 bits per heavy atom. The Morgan fingerprint density at radius 2 is 0.862 bits per heavy atom. The highest BCUT2D eigenvalue weighted by molar-refractivity contribution is 6.33. The van der Waals surface area contributed by atoms with Crippen molar-refractivity contribution in [2.24, 2.45) is 5.41 Å². The summed E-state index contributed by atoms with van der Waals surface area (Å²) in [5, 5.41) is 12.9. The van der Waals surface area contributed by atoms with Crippen molar-refractivity contribution in [3.63, 3.8) is 0 Å². The van der Waals surface area contributed by atoms with E-state index < -0.39 is 0 Å². The average Bonchev–Trinajstić information content (AvgIpc) is 3.56. The summed E-state index contributed by atoms with van der Waals surface area (Å²) >= 11 is 0. The lowest BCUT2D eigenvalue weighted by Gasteiger charge is -2.59. The molecule has 11 aromatic rings. The molecule has 1 fully saturated rings. The minimum absolute atomic E-state index is 0.0594. The van der Waals surface area contributed by atoms with Crippen LogP contribution in [-0.4, -0.2) is 5.54 Å². The molecule has 65 heavy (non-hydrogen) atoms. The van der Waals surface area contributed by atoms with Crippen molar-refractivity contribution < 1.29 is 0 Å². The molecule has 2 unspecified atom stereocenters. The first-order valence-electron chi connectivity index (χ1n) is 23.6.